The van der Waals surface area contributed by atoms with E-state index in [2.05, 4.69) is 45.5 Å². The molecule has 27 heavy (non-hydrogen) atoms. The van der Waals surface area contributed by atoms with Crippen molar-refractivity contribution in [2.45, 2.75) is 70.0 Å². The van der Waals surface area contributed by atoms with E-state index in [9.17, 15) is 4.79 Å². The smallest absolute Gasteiger partial charge is 0.310 e. The van der Waals surface area contributed by atoms with Crippen LogP contribution in [0.15, 0.2) is 30.9 Å². The average molecular weight is 367 g/mol. The second-order valence-corrected chi connectivity index (χ2v) is 10.0. The third-order valence-corrected chi connectivity index (χ3v) is 7.52. The van der Waals surface area contributed by atoms with E-state index in [1.807, 2.05) is 6.08 Å². The molecule has 4 aliphatic rings. The molecule has 0 amide bonds. The van der Waals surface area contributed by atoms with Crippen LogP contribution in [0.2, 0.25) is 0 Å². The first-order valence-electron chi connectivity index (χ1n) is 10.5. The van der Waals surface area contributed by atoms with Gasteiger partial charge in [-0.15, -0.1) is 6.58 Å². The summed E-state index contributed by atoms with van der Waals surface area (Å²) >= 11 is 0. The summed E-state index contributed by atoms with van der Waals surface area (Å²) in [5, 5.41) is 0. The van der Waals surface area contributed by atoms with E-state index in [0.29, 0.717) is 23.7 Å². The van der Waals surface area contributed by atoms with E-state index < -0.39 is 0 Å². The van der Waals surface area contributed by atoms with Gasteiger partial charge in [0.1, 0.15) is 17.0 Å². The van der Waals surface area contributed by atoms with Crippen LogP contribution in [-0.4, -0.2) is 17.2 Å². The highest BCUT2D eigenvalue weighted by Gasteiger charge is 2.67. The Balaban J connectivity index is 1.53. The summed E-state index contributed by atoms with van der Waals surface area (Å²) in [6.07, 6.45) is 7.43. The topological polar surface area (TPSA) is 35.5 Å². The standard InChI is InChI=1S/C24H30O3/c1-5-15-7-11-20-18-9-6-14-12-16(26-23(2,3)4)8-10-17(14)21(18)19-13-24(15,20)27-22(19)25/h5,8,10,12,15,18-21H,1,6-7,9,11,13H2,2-4H3/t15-,18+,19-,20+,21-,24-/m1/s1. The van der Waals surface area contributed by atoms with Crippen molar-refractivity contribution in [3.8, 4) is 5.75 Å². The van der Waals surface area contributed by atoms with Crippen LogP contribution in [0.5, 0.6) is 5.75 Å². The molecule has 1 aliphatic heterocycles. The minimum Gasteiger partial charge on any atom is -0.488 e. The number of rotatable bonds is 2. The van der Waals surface area contributed by atoms with Gasteiger partial charge in [0.15, 0.2) is 0 Å². The summed E-state index contributed by atoms with van der Waals surface area (Å²) in [6, 6.07) is 6.53. The first-order valence-corrected chi connectivity index (χ1v) is 10.5. The van der Waals surface area contributed by atoms with Crippen molar-refractivity contribution in [2.24, 2.45) is 23.7 Å². The van der Waals surface area contributed by atoms with Crippen LogP contribution in [0.3, 0.4) is 0 Å². The minimum absolute atomic E-state index is 0.0141. The fourth-order valence-electron chi connectivity index (χ4n) is 6.72. The molecular formula is C24H30O3. The Bertz CT molecular complexity index is 804. The van der Waals surface area contributed by atoms with Gasteiger partial charge in [0.2, 0.25) is 0 Å². The van der Waals surface area contributed by atoms with Gasteiger partial charge in [-0.1, -0.05) is 12.1 Å². The number of hydrogen-bond acceptors (Lipinski definition) is 3. The first kappa shape index (κ1) is 17.3. The van der Waals surface area contributed by atoms with Crippen molar-refractivity contribution >= 4 is 5.97 Å². The number of aryl methyl sites for hydroxylation is 1. The van der Waals surface area contributed by atoms with Crippen LogP contribution in [0.25, 0.3) is 0 Å². The maximum Gasteiger partial charge on any atom is 0.310 e. The Morgan fingerprint density at radius 1 is 1.26 bits per heavy atom. The molecule has 0 unspecified atom stereocenters. The van der Waals surface area contributed by atoms with Gasteiger partial charge in [-0.2, -0.15) is 0 Å². The molecule has 1 saturated heterocycles. The van der Waals surface area contributed by atoms with Crippen LogP contribution in [0.4, 0.5) is 0 Å². The van der Waals surface area contributed by atoms with Gasteiger partial charge in [-0.05, 0) is 75.6 Å². The molecule has 3 aliphatic carbocycles. The molecule has 1 aromatic rings. The van der Waals surface area contributed by atoms with Crippen molar-refractivity contribution in [2.75, 3.05) is 0 Å². The molecular weight excluding hydrogens is 336 g/mol. The zero-order valence-corrected chi connectivity index (χ0v) is 16.7. The number of fused-ring (bicyclic) bond motifs is 6. The van der Waals surface area contributed by atoms with Crippen LogP contribution < -0.4 is 4.74 Å². The van der Waals surface area contributed by atoms with Crippen molar-refractivity contribution in [3.05, 3.63) is 42.0 Å². The lowest BCUT2D eigenvalue weighted by molar-refractivity contribution is -0.154. The SMILES string of the molecule is C=C[C@@H]1CC[C@H]2[C@@H]3CCc4cc(OC(C)(C)C)ccc4[C@H]3[C@H]3C[C@@]12OC3=O. The summed E-state index contributed by atoms with van der Waals surface area (Å²) in [7, 11) is 0. The molecule has 0 radical (unpaired) electrons. The lowest BCUT2D eigenvalue weighted by atomic mass is 9.56. The van der Waals surface area contributed by atoms with E-state index in [-0.39, 0.29) is 23.1 Å². The zero-order valence-electron chi connectivity index (χ0n) is 16.7. The van der Waals surface area contributed by atoms with Gasteiger partial charge in [0, 0.05) is 24.2 Å². The molecule has 1 aromatic carbocycles. The third kappa shape index (κ3) is 2.43. The third-order valence-electron chi connectivity index (χ3n) is 7.52. The Labute approximate surface area is 162 Å². The summed E-state index contributed by atoms with van der Waals surface area (Å²) in [6.45, 7) is 10.3. The molecule has 3 fully saturated rings. The summed E-state index contributed by atoms with van der Waals surface area (Å²) in [5.41, 5.74) is 2.28. The van der Waals surface area contributed by atoms with E-state index >= 15 is 0 Å². The van der Waals surface area contributed by atoms with E-state index in [1.54, 1.807) is 0 Å². The predicted octanol–water partition coefficient (Wildman–Crippen LogP) is 5.04. The second-order valence-electron chi connectivity index (χ2n) is 10.0. The maximum absolute atomic E-state index is 12.9. The molecule has 2 bridgehead atoms. The molecule has 5 rings (SSSR count). The number of benzene rings is 1. The van der Waals surface area contributed by atoms with Gasteiger partial charge in [0.05, 0.1) is 5.92 Å². The van der Waals surface area contributed by atoms with Crippen LogP contribution >= 0.6 is 0 Å². The molecule has 0 N–H and O–H groups in total. The molecule has 144 valence electrons. The molecule has 3 nitrogen and oxygen atoms in total. The summed E-state index contributed by atoms with van der Waals surface area (Å²) < 4.78 is 12.2. The Hall–Kier alpha value is -1.77. The highest BCUT2D eigenvalue weighted by Crippen LogP contribution is 2.65. The molecule has 1 heterocycles. The summed E-state index contributed by atoms with van der Waals surface area (Å²) in [5.74, 6) is 2.68. The van der Waals surface area contributed by atoms with Crippen molar-refractivity contribution in [1.82, 2.24) is 0 Å². The number of carbonyl (C=O) groups excluding carboxylic acids is 1. The van der Waals surface area contributed by atoms with Gasteiger partial charge in [0.25, 0.3) is 0 Å². The average Bonchev–Trinajstić information content (AvgIpc) is 3.11. The lowest BCUT2D eigenvalue weighted by Crippen LogP contribution is -2.48. The summed E-state index contributed by atoms with van der Waals surface area (Å²) in [4.78, 5) is 12.9. The number of ether oxygens (including phenoxy) is 2. The van der Waals surface area contributed by atoms with Gasteiger partial charge >= 0.3 is 5.97 Å². The first-order chi connectivity index (χ1) is 12.8. The van der Waals surface area contributed by atoms with Crippen LogP contribution in [-0.2, 0) is 16.0 Å². The maximum atomic E-state index is 12.9. The van der Waals surface area contributed by atoms with E-state index in [1.165, 1.54) is 17.5 Å². The highest BCUT2D eigenvalue weighted by molar-refractivity contribution is 5.78. The quantitative estimate of drug-likeness (QED) is 0.543. The second kappa shape index (κ2) is 5.62. The van der Waals surface area contributed by atoms with Gasteiger partial charge in [-0.3, -0.25) is 4.79 Å². The molecule has 3 heteroatoms. The monoisotopic (exact) mass is 366 g/mol. The fraction of sp³-hybridized carbons (Fsp3) is 0.625. The largest absolute Gasteiger partial charge is 0.488 e. The minimum atomic E-state index is -0.253. The number of carbonyl (C=O) groups is 1. The zero-order chi connectivity index (χ0) is 19.0. The molecule has 1 spiro atoms. The van der Waals surface area contributed by atoms with E-state index in [0.717, 1.165) is 31.4 Å². The number of hydrogen-bond donors (Lipinski definition) is 0. The van der Waals surface area contributed by atoms with Gasteiger partial charge in [-0.25, -0.2) is 0 Å². The molecule has 2 saturated carbocycles. The normalized spacial score (nSPS) is 39.2. The predicted molar refractivity (Wildman–Crippen MR) is 105 cm³/mol. The Morgan fingerprint density at radius 3 is 2.81 bits per heavy atom. The van der Waals surface area contributed by atoms with E-state index in [4.69, 9.17) is 9.47 Å². The lowest BCUT2D eigenvalue weighted by Gasteiger charge is -2.47. The molecule has 0 aromatic heterocycles. The highest BCUT2D eigenvalue weighted by atomic mass is 16.6. The van der Waals surface area contributed by atoms with Gasteiger partial charge < -0.3 is 9.47 Å². The Morgan fingerprint density at radius 2 is 2.07 bits per heavy atom. The van der Waals surface area contributed by atoms with Crippen molar-refractivity contribution in [1.29, 1.82) is 0 Å². The Kier molecular flexibility index (Phi) is 3.61. The molecule has 6 atom stereocenters. The van der Waals surface area contributed by atoms with Crippen LogP contribution in [0, 0.1) is 23.7 Å². The van der Waals surface area contributed by atoms with Crippen LogP contribution in [0.1, 0.15) is 63.5 Å². The van der Waals surface area contributed by atoms with Crippen molar-refractivity contribution < 1.29 is 14.3 Å². The van der Waals surface area contributed by atoms with Crippen molar-refractivity contribution in [3.63, 3.8) is 0 Å². The number of esters is 1. The fourth-order valence-corrected chi connectivity index (χ4v) is 6.72.